The molecule has 1 atom stereocenters. The second-order valence-corrected chi connectivity index (χ2v) is 6.18. The summed E-state index contributed by atoms with van der Waals surface area (Å²) in [6, 6.07) is 0. The zero-order valence-electron chi connectivity index (χ0n) is 12.1. The Hall–Kier alpha value is -0.540. The Kier molecular flexibility index (Phi) is 5.23. The van der Waals surface area contributed by atoms with E-state index in [9.17, 15) is 5.11 Å². The molecule has 0 radical (unpaired) electrons. The van der Waals surface area contributed by atoms with Gasteiger partial charge in [-0.3, -0.25) is 4.68 Å². The molecule has 0 aliphatic rings. The van der Waals surface area contributed by atoms with Gasteiger partial charge in [0.05, 0.1) is 22.5 Å². The standard InChI is InChI=1S/C14H25ClN2O/c1-6-10-13(15)11(17(7-2)16-10)8-9-12(18)14(3,4)5/h12,18H,6-9H2,1-5H3. The normalized spacial score (nSPS) is 13.9. The minimum atomic E-state index is -0.321. The van der Waals surface area contributed by atoms with Gasteiger partial charge in [-0.05, 0) is 31.6 Å². The second kappa shape index (κ2) is 6.07. The molecule has 0 aliphatic carbocycles. The summed E-state index contributed by atoms with van der Waals surface area (Å²) in [6.45, 7) is 11.1. The van der Waals surface area contributed by atoms with Crippen molar-refractivity contribution >= 4 is 11.6 Å². The topological polar surface area (TPSA) is 38.0 Å². The fraction of sp³-hybridized carbons (Fsp3) is 0.786. The van der Waals surface area contributed by atoms with E-state index in [1.807, 2.05) is 25.5 Å². The maximum atomic E-state index is 10.1. The van der Waals surface area contributed by atoms with Crippen LogP contribution >= 0.6 is 11.6 Å². The number of rotatable bonds is 5. The van der Waals surface area contributed by atoms with Gasteiger partial charge >= 0.3 is 0 Å². The smallest absolute Gasteiger partial charge is 0.0849 e. The Balaban J connectivity index is 2.81. The number of halogens is 1. The van der Waals surface area contributed by atoms with Crippen molar-refractivity contribution in [3.05, 3.63) is 16.4 Å². The quantitative estimate of drug-likeness (QED) is 0.891. The molecule has 0 aromatic carbocycles. The van der Waals surface area contributed by atoms with E-state index in [1.165, 1.54) is 0 Å². The lowest BCUT2D eigenvalue weighted by atomic mass is 9.86. The third kappa shape index (κ3) is 3.48. The first kappa shape index (κ1) is 15.5. The molecule has 1 unspecified atom stereocenters. The van der Waals surface area contributed by atoms with Crippen LogP contribution in [0, 0.1) is 5.41 Å². The predicted octanol–water partition coefficient (Wildman–Crippen LogP) is 3.46. The number of hydrogen-bond donors (Lipinski definition) is 1. The molecule has 0 fully saturated rings. The largest absolute Gasteiger partial charge is 0.393 e. The van der Waals surface area contributed by atoms with Crippen LogP contribution in [0.4, 0.5) is 0 Å². The zero-order chi connectivity index (χ0) is 13.9. The van der Waals surface area contributed by atoms with Crippen LogP contribution in [-0.4, -0.2) is 21.0 Å². The first-order valence-electron chi connectivity index (χ1n) is 6.73. The highest BCUT2D eigenvalue weighted by molar-refractivity contribution is 6.31. The van der Waals surface area contributed by atoms with Gasteiger partial charge in [0.25, 0.3) is 0 Å². The molecule has 0 amide bonds. The van der Waals surface area contributed by atoms with Gasteiger partial charge in [-0.25, -0.2) is 0 Å². The molecule has 18 heavy (non-hydrogen) atoms. The van der Waals surface area contributed by atoms with Crippen molar-refractivity contribution in [3.8, 4) is 0 Å². The Morgan fingerprint density at radius 2 is 1.94 bits per heavy atom. The highest BCUT2D eigenvalue weighted by Crippen LogP contribution is 2.27. The molecule has 1 aromatic rings. The fourth-order valence-electron chi connectivity index (χ4n) is 1.96. The van der Waals surface area contributed by atoms with Crippen LogP contribution in [0.3, 0.4) is 0 Å². The number of aryl methyl sites for hydroxylation is 2. The monoisotopic (exact) mass is 272 g/mol. The zero-order valence-corrected chi connectivity index (χ0v) is 12.9. The molecule has 1 N–H and O–H groups in total. The molecule has 1 aromatic heterocycles. The number of aliphatic hydroxyl groups is 1. The van der Waals surface area contributed by atoms with E-state index in [4.69, 9.17) is 11.6 Å². The number of hydrogen-bond acceptors (Lipinski definition) is 2. The minimum absolute atomic E-state index is 0.0862. The van der Waals surface area contributed by atoms with Gasteiger partial charge < -0.3 is 5.11 Å². The van der Waals surface area contributed by atoms with Gasteiger partial charge in [-0.15, -0.1) is 0 Å². The van der Waals surface area contributed by atoms with Crippen LogP contribution < -0.4 is 0 Å². The van der Waals surface area contributed by atoms with Gasteiger partial charge in [0.15, 0.2) is 0 Å². The van der Waals surface area contributed by atoms with Crippen molar-refractivity contribution in [2.75, 3.05) is 0 Å². The molecule has 0 bridgehead atoms. The van der Waals surface area contributed by atoms with Crippen molar-refractivity contribution in [1.82, 2.24) is 9.78 Å². The molecule has 0 aliphatic heterocycles. The van der Waals surface area contributed by atoms with E-state index >= 15 is 0 Å². The summed E-state index contributed by atoms with van der Waals surface area (Å²) < 4.78 is 1.95. The molecule has 0 spiro atoms. The maximum absolute atomic E-state index is 10.1. The van der Waals surface area contributed by atoms with Gasteiger partial charge in [-0.2, -0.15) is 5.10 Å². The van der Waals surface area contributed by atoms with Gasteiger partial charge in [0, 0.05) is 6.54 Å². The number of aliphatic hydroxyl groups excluding tert-OH is 1. The van der Waals surface area contributed by atoms with E-state index in [-0.39, 0.29) is 11.5 Å². The Labute approximate surface area is 115 Å². The van der Waals surface area contributed by atoms with E-state index < -0.39 is 0 Å². The summed E-state index contributed by atoms with van der Waals surface area (Å²) in [5.41, 5.74) is 1.93. The molecular formula is C14H25ClN2O. The summed E-state index contributed by atoms with van der Waals surface area (Å²) in [5, 5.41) is 15.4. The van der Waals surface area contributed by atoms with Crippen LogP contribution in [0.2, 0.25) is 5.02 Å². The molecule has 4 heteroatoms. The molecule has 1 rings (SSSR count). The van der Waals surface area contributed by atoms with E-state index in [2.05, 4.69) is 18.9 Å². The summed E-state index contributed by atoms with van der Waals surface area (Å²) >= 11 is 6.34. The Bertz CT molecular complexity index is 393. The van der Waals surface area contributed by atoms with Gasteiger partial charge in [-0.1, -0.05) is 39.3 Å². The molecule has 104 valence electrons. The first-order chi connectivity index (χ1) is 8.31. The van der Waals surface area contributed by atoms with E-state index in [0.29, 0.717) is 0 Å². The molecule has 1 heterocycles. The Morgan fingerprint density at radius 1 is 1.33 bits per heavy atom. The lowest BCUT2D eigenvalue weighted by molar-refractivity contribution is 0.0555. The lowest BCUT2D eigenvalue weighted by Gasteiger charge is -2.25. The van der Waals surface area contributed by atoms with E-state index in [1.54, 1.807) is 0 Å². The fourth-order valence-corrected chi connectivity index (χ4v) is 2.33. The number of aromatic nitrogens is 2. The predicted molar refractivity (Wildman–Crippen MR) is 76.1 cm³/mol. The summed E-state index contributed by atoms with van der Waals surface area (Å²) in [4.78, 5) is 0. The van der Waals surface area contributed by atoms with Crippen LogP contribution in [0.5, 0.6) is 0 Å². The number of nitrogens with zero attached hydrogens (tertiary/aromatic N) is 2. The third-order valence-electron chi connectivity index (χ3n) is 3.35. The van der Waals surface area contributed by atoms with Gasteiger partial charge in [0.2, 0.25) is 0 Å². The van der Waals surface area contributed by atoms with E-state index in [0.717, 1.165) is 42.2 Å². The minimum Gasteiger partial charge on any atom is -0.393 e. The highest BCUT2D eigenvalue weighted by Gasteiger charge is 2.23. The van der Waals surface area contributed by atoms with Gasteiger partial charge in [0.1, 0.15) is 0 Å². The highest BCUT2D eigenvalue weighted by atomic mass is 35.5. The van der Waals surface area contributed by atoms with Crippen molar-refractivity contribution in [2.24, 2.45) is 5.41 Å². The van der Waals surface area contributed by atoms with Crippen molar-refractivity contribution in [1.29, 1.82) is 0 Å². The maximum Gasteiger partial charge on any atom is 0.0849 e. The van der Waals surface area contributed by atoms with Crippen molar-refractivity contribution in [2.45, 2.75) is 66.5 Å². The lowest BCUT2D eigenvalue weighted by Crippen LogP contribution is -2.26. The summed E-state index contributed by atoms with van der Waals surface area (Å²) in [6.07, 6.45) is 2.02. The first-order valence-corrected chi connectivity index (χ1v) is 7.11. The van der Waals surface area contributed by atoms with Crippen molar-refractivity contribution < 1.29 is 5.11 Å². The second-order valence-electron chi connectivity index (χ2n) is 5.80. The van der Waals surface area contributed by atoms with Crippen LogP contribution in [0.1, 0.15) is 52.4 Å². The summed E-state index contributed by atoms with van der Waals surface area (Å²) in [5.74, 6) is 0. The average molecular weight is 273 g/mol. The molecule has 0 saturated heterocycles. The molecule has 0 saturated carbocycles. The average Bonchev–Trinajstić information content (AvgIpc) is 2.61. The van der Waals surface area contributed by atoms with Crippen LogP contribution in [-0.2, 0) is 19.4 Å². The van der Waals surface area contributed by atoms with Crippen LogP contribution in [0.25, 0.3) is 0 Å². The summed E-state index contributed by atoms with van der Waals surface area (Å²) in [7, 11) is 0. The third-order valence-corrected chi connectivity index (χ3v) is 3.78. The Morgan fingerprint density at radius 3 is 2.39 bits per heavy atom. The molecule has 3 nitrogen and oxygen atoms in total. The molecular weight excluding hydrogens is 248 g/mol. The SMILES string of the molecule is CCc1nn(CC)c(CCC(O)C(C)(C)C)c1Cl. The van der Waals surface area contributed by atoms with Crippen molar-refractivity contribution in [3.63, 3.8) is 0 Å². The van der Waals surface area contributed by atoms with Crippen LogP contribution in [0.15, 0.2) is 0 Å².